The van der Waals surface area contributed by atoms with E-state index in [1.807, 2.05) is 0 Å². The van der Waals surface area contributed by atoms with Crippen LogP contribution in [0.4, 0.5) is 5.69 Å². The van der Waals surface area contributed by atoms with E-state index in [9.17, 15) is 0 Å². The molecule has 4 heteroatoms. The molecule has 1 aliphatic heterocycles. The summed E-state index contributed by atoms with van der Waals surface area (Å²) in [6, 6.07) is 14.6. The SMILES string of the molecule is S=C(Nc1cccc2ccccc12)NN1CCCCCC1. The summed E-state index contributed by atoms with van der Waals surface area (Å²) < 4.78 is 0. The predicted molar refractivity (Wildman–Crippen MR) is 93.3 cm³/mol. The molecule has 3 rings (SSSR count). The monoisotopic (exact) mass is 299 g/mol. The number of hydrogen-bond donors (Lipinski definition) is 2. The van der Waals surface area contributed by atoms with Gasteiger partial charge in [-0.25, -0.2) is 5.01 Å². The van der Waals surface area contributed by atoms with Crippen LogP contribution in [0.15, 0.2) is 42.5 Å². The number of nitrogens with zero attached hydrogens (tertiary/aromatic N) is 1. The topological polar surface area (TPSA) is 27.3 Å². The molecule has 0 amide bonds. The highest BCUT2D eigenvalue weighted by atomic mass is 32.1. The first-order valence-electron chi connectivity index (χ1n) is 7.63. The van der Waals surface area contributed by atoms with Crippen LogP contribution in [0.3, 0.4) is 0 Å². The zero-order chi connectivity index (χ0) is 14.5. The van der Waals surface area contributed by atoms with Crippen LogP contribution >= 0.6 is 12.2 Å². The van der Waals surface area contributed by atoms with Gasteiger partial charge < -0.3 is 5.32 Å². The number of rotatable bonds is 2. The first-order chi connectivity index (χ1) is 10.3. The predicted octanol–water partition coefficient (Wildman–Crippen LogP) is 3.92. The van der Waals surface area contributed by atoms with Gasteiger partial charge in [-0.3, -0.25) is 5.43 Å². The van der Waals surface area contributed by atoms with Crippen LogP contribution in [0, 0.1) is 0 Å². The van der Waals surface area contributed by atoms with Crippen LogP contribution in [0.25, 0.3) is 10.8 Å². The van der Waals surface area contributed by atoms with Crippen molar-refractivity contribution in [2.24, 2.45) is 0 Å². The van der Waals surface area contributed by atoms with Gasteiger partial charge in [0.05, 0.1) is 0 Å². The van der Waals surface area contributed by atoms with Crippen molar-refractivity contribution < 1.29 is 0 Å². The van der Waals surface area contributed by atoms with E-state index in [1.165, 1.54) is 36.5 Å². The van der Waals surface area contributed by atoms with Gasteiger partial charge in [0.15, 0.2) is 5.11 Å². The summed E-state index contributed by atoms with van der Waals surface area (Å²) in [5.41, 5.74) is 4.38. The number of thiocarbonyl (C=S) groups is 1. The molecule has 0 unspecified atom stereocenters. The number of fused-ring (bicyclic) bond motifs is 1. The number of hydrazine groups is 1. The molecule has 1 saturated heterocycles. The lowest BCUT2D eigenvalue weighted by atomic mass is 10.1. The van der Waals surface area contributed by atoms with Crippen molar-refractivity contribution in [3.8, 4) is 0 Å². The molecular formula is C17H21N3S. The van der Waals surface area contributed by atoms with Crippen molar-refractivity contribution in [3.05, 3.63) is 42.5 Å². The maximum absolute atomic E-state index is 5.46. The summed E-state index contributed by atoms with van der Waals surface area (Å²) >= 11 is 5.46. The summed E-state index contributed by atoms with van der Waals surface area (Å²) in [6.07, 6.45) is 5.12. The van der Waals surface area contributed by atoms with Gasteiger partial charge in [-0.2, -0.15) is 0 Å². The lowest BCUT2D eigenvalue weighted by molar-refractivity contribution is 0.247. The van der Waals surface area contributed by atoms with E-state index >= 15 is 0 Å². The lowest BCUT2D eigenvalue weighted by Gasteiger charge is -2.23. The van der Waals surface area contributed by atoms with Crippen LogP contribution in [-0.2, 0) is 0 Å². The molecule has 3 nitrogen and oxygen atoms in total. The van der Waals surface area contributed by atoms with Gasteiger partial charge in [0.2, 0.25) is 0 Å². The molecule has 0 bridgehead atoms. The molecule has 0 spiro atoms. The largest absolute Gasteiger partial charge is 0.331 e. The molecule has 1 heterocycles. The highest BCUT2D eigenvalue weighted by molar-refractivity contribution is 7.80. The van der Waals surface area contributed by atoms with Crippen molar-refractivity contribution in [2.45, 2.75) is 25.7 Å². The maximum atomic E-state index is 5.46. The summed E-state index contributed by atoms with van der Waals surface area (Å²) in [4.78, 5) is 0. The van der Waals surface area contributed by atoms with E-state index in [2.05, 4.69) is 58.2 Å². The highest BCUT2D eigenvalue weighted by Crippen LogP contribution is 2.22. The Hall–Kier alpha value is -1.65. The third-order valence-electron chi connectivity index (χ3n) is 3.90. The molecule has 0 aromatic heterocycles. The van der Waals surface area contributed by atoms with Crippen molar-refractivity contribution in [1.82, 2.24) is 10.4 Å². The van der Waals surface area contributed by atoms with Crippen LogP contribution < -0.4 is 10.7 Å². The van der Waals surface area contributed by atoms with Crippen LogP contribution in [0.5, 0.6) is 0 Å². The first kappa shape index (κ1) is 14.3. The van der Waals surface area contributed by atoms with Crippen LogP contribution in [0.1, 0.15) is 25.7 Å². The minimum Gasteiger partial charge on any atom is -0.331 e. The van der Waals surface area contributed by atoms with E-state index in [-0.39, 0.29) is 0 Å². The fraction of sp³-hybridized carbons (Fsp3) is 0.353. The average molecular weight is 299 g/mol. The standard InChI is InChI=1S/C17H21N3S/c21-17(19-20-12-5-1-2-6-13-20)18-16-11-7-9-14-8-3-4-10-15(14)16/h3-4,7-11H,1-2,5-6,12-13H2,(H2,18,19,21). The molecule has 0 atom stereocenters. The fourth-order valence-electron chi connectivity index (χ4n) is 2.81. The minimum absolute atomic E-state index is 0.674. The zero-order valence-corrected chi connectivity index (χ0v) is 13.0. The Morgan fingerprint density at radius 1 is 0.905 bits per heavy atom. The van der Waals surface area contributed by atoms with E-state index in [1.54, 1.807) is 0 Å². The smallest absolute Gasteiger partial charge is 0.185 e. The van der Waals surface area contributed by atoms with E-state index in [0.717, 1.165) is 18.8 Å². The van der Waals surface area contributed by atoms with E-state index in [0.29, 0.717) is 5.11 Å². The Kier molecular flexibility index (Phi) is 4.68. The highest BCUT2D eigenvalue weighted by Gasteiger charge is 2.10. The normalized spacial score (nSPS) is 16.4. The van der Waals surface area contributed by atoms with Gasteiger partial charge in [0.1, 0.15) is 0 Å². The van der Waals surface area contributed by atoms with Crippen LogP contribution in [0.2, 0.25) is 0 Å². The van der Waals surface area contributed by atoms with E-state index < -0.39 is 0 Å². The number of hydrogen-bond acceptors (Lipinski definition) is 2. The second kappa shape index (κ2) is 6.87. The summed E-state index contributed by atoms with van der Waals surface area (Å²) in [7, 11) is 0. The summed E-state index contributed by atoms with van der Waals surface area (Å²) in [5, 5.41) is 8.65. The molecular weight excluding hydrogens is 278 g/mol. The quantitative estimate of drug-likeness (QED) is 0.822. The number of nitrogens with one attached hydrogen (secondary N) is 2. The molecule has 110 valence electrons. The van der Waals surface area contributed by atoms with Crippen molar-refractivity contribution in [3.63, 3.8) is 0 Å². The Morgan fingerprint density at radius 2 is 1.62 bits per heavy atom. The van der Waals surface area contributed by atoms with Crippen molar-refractivity contribution in [1.29, 1.82) is 0 Å². The molecule has 1 aliphatic rings. The Morgan fingerprint density at radius 3 is 2.43 bits per heavy atom. The van der Waals surface area contributed by atoms with Gasteiger partial charge in [0.25, 0.3) is 0 Å². The fourth-order valence-corrected chi connectivity index (χ4v) is 3.05. The molecule has 2 aromatic carbocycles. The third kappa shape index (κ3) is 3.71. The first-order valence-corrected chi connectivity index (χ1v) is 8.04. The Bertz CT molecular complexity index is 613. The average Bonchev–Trinajstić information content (AvgIpc) is 2.76. The van der Waals surface area contributed by atoms with Gasteiger partial charge in [0, 0.05) is 24.2 Å². The van der Waals surface area contributed by atoms with E-state index in [4.69, 9.17) is 12.2 Å². The molecule has 21 heavy (non-hydrogen) atoms. The molecule has 0 aliphatic carbocycles. The van der Waals surface area contributed by atoms with Crippen LogP contribution in [-0.4, -0.2) is 23.2 Å². The zero-order valence-electron chi connectivity index (χ0n) is 12.1. The van der Waals surface area contributed by atoms with Gasteiger partial charge >= 0.3 is 0 Å². The number of benzene rings is 2. The minimum atomic E-state index is 0.674. The molecule has 2 N–H and O–H groups in total. The Balaban J connectivity index is 1.68. The molecule has 2 aromatic rings. The second-order valence-electron chi connectivity index (χ2n) is 5.49. The molecule has 0 radical (unpaired) electrons. The van der Waals surface area contributed by atoms with Crippen molar-refractivity contribution >= 4 is 33.8 Å². The summed E-state index contributed by atoms with van der Waals surface area (Å²) in [5.74, 6) is 0. The lowest BCUT2D eigenvalue weighted by Crippen LogP contribution is -2.44. The third-order valence-corrected chi connectivity index (χ3v) is 4.10. The second-order valence-corrected chi connectivity index (χ2v) is 5.90. The Labute approximate surface area is 131 Å². The van der Waals surface area contributed by atoms with Gasteiger partial charge in [-0.15, -0.1) is 0 Å². The summed E-state index contributed by atoms with van der Waals surface area (Å²) in [6.45, 7) is 2.13. The molecule has 1 fully saturated rings. The number of anilines is 1. The van der Waals surface area contributed by atoms with Crippen molar-refractivity contribution in [2.75, 3.05) is 18.4 Å². The van der Waals surface area contributed by atoms with Gasteiger partial charge in [-0.05, 0) is 36.5 Å². The molecule has 0 saturated carbocycles. The maximum Gasteiger partial charge on any atom is 0.185 e. The van der Waals surface area contributed by atoms with Gasteiger partial charge in [-0.1, -0.05) is 49.2 Å².